The van der Waals surface area contributed by atoms with E-state index in [-0.39, 0.29) is 5.82 Å². The molecule has 3 heterocycles. The van der Waals surface area contributed by atoms with Gasteiger partial charge in [0.05, 0.1) is 6.20 Å². The topological polar surface area (TPSA) is 60.4 Å². The smallest absolute Gasteiger partial charge is 0.355 e. The van der Waals surface area contributed by atoms with E-state index in [1.165, 1.54) is 4.40 Å². The van der Waals surface area contributed by atoms with Crippen LogP contribution in [0.4, 0.5) is 5.82 Å². The molecule has 94 valence electrons. The van der Waals surface area contributed by atoms with Crippen LogP contribution in [0.15, 0.2) is 41.9 Å². The Kier molecular flexibility index (Phi) is 2.85. The summed E-state index contributed by atoms with van der Waals surface area (Å²) in [4.78, 5) is 16.1. The van der Waals surface area contributed by atoms with E-state index < -0.39 is 4.92 Å². The van der Waals surface area contributed by atoms with Crippen molar-refractivity contribution in [2.24, 2.45) is 0 Å². The van der Waals surface area contributed by atoms with Crippen LogP contribution in [0, 0.1) is 10.1 Å². The van der Waals surface area contributed by atoms with Crippen LogP contribution in [0.3, 0.4) is 0 Å². The minimum Gasteiger partial charge on any atom is -0.358 e. The summed E-state index contributed by atoms with van der Waals surface area (Å²) in [6.07, 6.45) is 5.15. The normalized spacial score (nSPS) is 11.4. The SMILES string of the molecule is O=[N+]([O-])c1c(C=Cc2cccs2)nc2ccccn12. The lowest BCUT2D eigenvalue weighted by atomic mass is 10.3. The summed E-state index contributed by atoms with van der Waals surface area (Å²) >= 11 is 1.57. The molecule has 0 saturated carbocycles. The van der Waals surface area contributed by atoms with E-state index in [1.54, 1.807) is 41.8 Å². The second kappa shape index (κ2) is 4.66. The van der Waals surface area contributed by atoms with Crippen LogP contribution in [0.25, 0.3) is 17.8 Å². The molecule has 0 spiro atoms. The fraction of sp³-hybridized carbons (Fsp3) is 0. The average Bonchev–Trinajstić information content (AvgIpc) is 3.03. The Balaban J connectivity index is 2.12. The zero-order valence-corrected chi connectivity index (χ0v) is 10.6. The van der Waals surface area contributed by atoms with Crippen molar-refractivity contribution in [3.8, 4) is 0 Å². The summed E-state index contributed by atoms with van der Waals surface area (Å²) in [5.41, 5.74) is 0.935. The minimum atomic E-state index is -0.409. The lowest BCUT2D eigenvalue weighted by Gasteiger charge is -1.93. The minimum absolute atomic E-state index is 0.0107. The molecule has 3 aromatic rings. The van der Waals surface area contributed by atoms with Gasteiger partial charge in [0.15, 0.2) is 5.69 Å². The van der Waals surface area contributed by atoms with Crippen LogP contribution in [0.2, 0.25) is 0 Å². The lowest BCUT2D eigenvalue weighted by Crippen LogP contribution is -1.94. The maximum Gasteiger partial charge on any atom is 0.355 e. The summed E-state index contributed by atoms with van der Waals surface area (Å²) in [6.45, 7) is 0. The highest BCUT2D eigenvalue weighted by Gasteiger charge is 2.19. The maximum absolute atomic E-state index is 11.2. The average molecular weight is 271 g/mol. The van der Waals surface area contributed by atoms with Crippen molar-refractivity contribution in [1.82, 2.24) is 9.38 Å². The number of rotatable bonds is 3. The van der Waals surface area contributed by atoms with Crippen molar-refractivity contribution in [3.63, 3.8) is 0 Å². The second-order valence-corrected chi connectivity index (χ2v) is 4.83. The first-order valence-electron chi connectivity index (χ1n) is 5.59. The molecule has 0 aliphatic heterocycles. The number of hydrogen-bond donors (Lipinski definition) is 0. The number of hydrogen-bond acceptors (Lipinski definition) is 4. The molecule has 0 N–H and O–H groups in total. The largest absolute Gasteiger partial charge is 0.358 e. The predicted octanol–water partition coefficient (Wildman–Crippen LogP) is 3.47. The van der Waals surface area contributed by atoms with Gasteiger partial charge >= 0.3 is 5.82 Å². The fourth-order valence-corrected chi connectivity index (χ4v) is 2.46. The molecule has 3 rings (SSSR count). The molecule has 0 saturated heterocycles. The molecule has 0 aliphatic rings. The molecule has 3 aromatic heterocycles. The molecule has 19 heavy (non-hydrogen) atoms. The van der Waals surface area contributed by atoms with Gasteiger partial charge < -0.3 is 10.1 Å². The Hall–Kier alpha value is -2.47. The standard InChI is InChI=1S/C13H9N3O2S/c17-16(18)13-11(7-6-10-4-3-9-19-10)14-12-5-1-2-8-15(12)13/h1-9H. The predicted molar refractivity (Wildman–Crippen MR) is 75.1 cm³/mol. The Morgan fingerprint density at radius 3 is 2.89 bits per heavy atom. The van der Waals surface area contributed by atoms with E-state index >= 15 is 0 Å². The van der Waals surface area contributed by atoms with Crippen molar-refractivity contribution in [2.75, 3.05) is 0 Å². The van der Waals surface area contributed by atoms with Crippen LogP contribution in [0.5, 0.6) is 0 Å². The summed E-state index contributed by atoms with van der Waals surface area (Å²) < 4.78 is 1.48. The fourth-order valence-electron chi connectivity index (χ4n) is 1.84. The number of fused-ring (bicyclic) bond motifs is 1. The molecule has 0 aromatic carbocycles. The summed E-state index contributed by atoms with van der Waals surface area (Å²) in [6, 6.07) is 9.17. The van der Waals surface area contributed by atoms with Crippen LogP contribution < -0.4 is 0 Å². The third kappa shape index (κ3) is 2.13. The van der Waals surface area contributed by atoms with Crippen molar-refractivity contribution >= 4 is 35.0 Å². The third-order valence-corrected chi connectivity index (χ3v) is 3.49. The zero-order valence-electron chi connectivity index (χ0n) is 9.76. The lowest BCUT2D eigenvalue weighted by molar-refractivity contribution is -0.390. The van der Waals surface area contributed by atoms with Crippen molar-refractivity contribution in [3.05, 3.63) is 62.6 Å². The van der Waals surface area contributed by atoms with E-state index in [2.05, 4.69) is 4.98 Å². The van der Waals surface area contributed by atoms with Crippen molar-refractivity contribution < 1.29 is 4.92 Å². The molecule has 0 radical (unpaired) electrons. The molecule has 5 nitrogen and oxygen atoms in total. The molecule has 0 aliphatic carbocycles. The van der Waals surface area contributed by atoms with E-state index in [0.29, 0.717) is 11.3 Å². The Morgan fingerprint density at radius 1 is 1.26 bits per heavy atom. The van der Waals surface area contributed by atoms with Gasteiger partial charge in [-0.05, 0) is 34.6 Å². The molecule has 0 bridgehead atoms. The summed E-state index contributed by atoms with van der Waals surface area (Å²) in [7, 11) is 0. The number of thiophene rings is 1. The van der Waals surface area contributed by atoms with E-state index in [9.17, 15) is 10.1 Å². The van der Waals surface area contributed by atoms with Crippen molar-refractivity contribution in [2.45, 2.75) is 0 Å². The number of nitrogens with zero attached hydrogens (tertiary/aromatic N) is 3. The Bertz CT molecular complexity index is 759. The number of nitro groups is 1. The van der Waals surface area contributed by atoms with Gasteiger partial charge in [-0.2, -0.15) is 4.40 Å². The van der Waals surface area contributed by atoms with Crippen molar-refractivity contribution in [1.29, 1.82) is 0 Å². The third-order valence-electron chi connectivity index (χ3n) is 2.65. The monoisotopic (exact) mass is 271 g/mol. The first kappa shape index (κ1) is 11.6. The van der Waals surface area contributed by atoms with Gasteiger partial charge in [0.25, 0.3) is 0 Å². The molecule has 6 heteroatoms. The first-order valence-corrected chi connectivity index (χ1v) is 6.47. The molecule has 0 fully saturated rings. The highest BCUT2D eigenvalue weighted by Crippen LogP contribution is 2.23. The highest BCUT2D eigenvalue weighted by molar-refractivity contribution is 7.10. The Labute approximate surface area is 112 Å². The summed E-state index contributed by atoms with van der Waals surface area (Å²) in [5, 5.41) is 13.1. The van der Waals surface area contributed by atoms with Gasteiger partial charge in [0.1, 0.15) is 0 Å². The van der Waals surface area contributed by atoms with Crippen LogP contribution in [0.1, 0.15) is 10.6 Å². The van der Waals surface area contributed by atoms with Crippen LogP contribution in [-0.4, -0.2) is 14.3 Å². The second-order valence-electron chi connectivity index (χ2n) is 3.86. The first-order chi connectivity index (χ1) is 9.25. The Morgan fingerprint density at radius 2 is 2.16 bits per heavy atom. The molecular formula is C13H9N3O2S. The molecular weight excluding hydrogens is 262 g/mol. The molecule has 0 unspecified atom stereocenters. The van der Waals surface area contributed by atoms with Crippen LogP contribution in [-0.2, 0) is 0 Å². The summed E-state index contributed by atoms with van der Waals surface area (Å²) in [5.74, 6) is -0.0107. The number of aromatic nitrogens is 2. The van der Waals surface area contributed by atoms with E-state index in [0.717, 1.165) is 4.88 Å². The van der Waals surface area contributed by atoms with E-state index in [4.69, 9.17) is 0 Å². The van der Waals surface area contributed by atoms with Gasteiger partial charge in [-0.3, -0.25) is 0 Å². The van der Waals surface area contributed by atoms with Gasteiger partial charge in [0, 0.05) is 10.9 Å². The van der Waals surface area contributed by atoms with Gasteiger partial charge in [-0.15, -0.1) is 11.3 Å². The number of imidazole rings is 1. The highest BCUT2D eigenvalue weighted by atomic mass is 32.1. The van der Waals surface area contributed by atoms with Gasteiger partial charge in [0.2, 0.25) is 5.65 Å². The number of pyridine rings is 1. The quantitative estimate of drug-likeness (QED) is 0.541. The zero-order chi connectivity index (χ0) is 13.2. The molecule has 0 amide bonds. The van der Waals surface area contributed by atoms with Crippen LogP contribution >= 0.6 is 11.3 Å². The molecule has 0 atom stereocenters. The maximum atomic E-state index is 11.2. The van der Waals surface area contributed by atoms with E-state index in [1.807, 2.05) is 23.6 Å². The van der Waals surface area contributed by atoms with Gasteiger partial charge in [-0.1, -0.05) is 12.1 Å². The van der Waals surface area contributed by atoms with Gasteiger partial charge in [-0.25, -0.2) is 4.98 Å².